The number of halogens is 1. The van der Waals surface area contributed by atoms with Crippen LogP contribution in [0.1, 0.15) is 42.7 Å². The van der Waals surface area contributed by atoms with Crippen molar-refractivity contribution in [3.8, 4) is 11.1 Å². The maximum atomic E-state index is 6.90. The minimum atomic E-state index is 0.400. The Kier molecular flexibility index (Phi) is 7.37. The van der Waals surface area contributed by atoms with Crippen molar-refractivity contribution in [1.82, 2.24) is 5.32 Å². The van der Waals surface area contributed by atoms with E-state index in [2.05, 4.69) is 59.0 Å². The van der Waals surface area contributed by atoms with E-state index >= 15 is 0 Å². The Hall–Kier alpha value is -1.94. The molecule has 4 heteroatoms. The number of aliphatic imine (C=N–C) groups is 1. The van der Waals surface area contributed by atoms with Gasteiger partial charge in [0.1, 0.15) is 0 Å². The number of methoxy groups -OCH3 is 1. The van der Waals surface area contributed by atoms with Gasteiger partial charge in [-0.05, 0) is 78.5 Å². The van der Waals surface area contributed by atoms with Gasteiger partial charge in [-0.3, -0.25) is 4.99 Å². The van der Waals surface area contributed by atoms with Crippen LogP contribution >= 0.6 is 11.6 Å². The molecular formula is C26H31ClN2O. The summed E-state index contributed by atoms with van der Waals surface area (Å²) in [5.74, 6) is 0.921. The van der Waals surface area contributed by atoms with Crippen molar-refractivity contribution in [2.45, 2.75) is 38.0 Å². The van der Waals surface area contributed by atoms with Crippen molar-refractivity contribution in [2.75, 3.05) is 26.8 Å². The molecule has 30 heavy (non-hydrogen) atoms. The van der Waals surface area contributed by atoms with Gasteiger partial charge in [0.2, 0.25) is 0 Å². The van der Waals surface area contributed by atoms with Crippen LogP contribution in [0.2, 0.25) is 5.02 Å². The van der Waals surface area contributed by atoms with E-state index in [1.165, 1.54) is 27.8 Å². The smallest absolute Gasteiger partial charge is 0.0465 e. The molecule has 0 spiro atoms. The topological polar surface area (TPSA) is 33.6 Å². The Balaban J connectivity index is 1.60. The minimum Gasteiger partial charge on any atom is -0.385 e. The second kappa shape index (κ2) is 10.4. The maximum absolute atomic E-state index is 6.90. The summed E-state index contributed by atoms with van der Waals surface area (Å²) in [7, 11) is 1.76. The molecular weight excluding hydrogens is 392 g/mol. The van der Waals surface area contributed by atoms with Crippen molar-refractivity contribution in [3.05, 3.63) is 70.4 Å². The van der Waals surface area contributed by atoms with E-state index in [1.807, 2.05) is 6.21 Å². The number of piperidine rings is 1. The van der Waals surface area contributed by atoms with Crippen LogP contribution in [0.5, 0.6) is 0 Å². The number of aryl methyl sites for hydroxylation is 1. The summed E-state index contributed by atoms with van der Waals surface area (Å²) in [6.07, 6.45) is 9.45. The molecule has 0 amide bonds. The van der Waals surface area contributed by atoms with Crippen molar-refractivity contribution >= 4 is 17.8 Å². The number of rotatable bonds is 7. The zero-order valence-electron chi connectivity index (χ0n) is 17.7. The Morgan fingerprint density at radius 3 is 2.87 bits per heavy atom. The average molecular weight is 423 g/mol. The first-order valence-electron chi connectivity index (χ1n) is 11.1. The number of ether oxygens (including phenoxy) is 1. The molecule has 1 N–H and O–H groups in total. The summed E-state index contributed by atoms with van der Waals surface area (Å²) in [5.41, 5.74) is 6.54. The SMILES string of the molecule is COCCCc1ccccc1-c1ccc(C2CNCCC2C2=CN=CCC2)c(Cl)c1. The molecule has 0 aromatic heterocycles. The van der Waals surface area contributed by atoms with Gasteiger partial charge in [0.05, 0.1) is 0 Å². The fourth-order valence-corrected chi connectivity index (χ4v) is 5.17. The fraction of sp³-hybridized carbons (Fsp3) is 0.423. The van der Waals surface area contributed by atoms with E-state index in [-0.39, 0.29) is 0 Å². The molecule has 2 unspecified atom stereocenters. The molecule has 2 aliphatic rings. The third kappa shape index (κ3) is 4.85. The monoisotopic (exact) mass is 422 g/mol. The highest BCUT2D eigenvalue weighted by molar-refractivity contribution is 6.31. The van der Waals surface area contributed by atoms with E-state index in [9.17, 15) is 0 Å². The predicted molar refractivity (Wildman–Crippen MR) is 127 cm³/mol. The molecule has 0 aliphatic carbocycles. The van der Waals surface area contributed by atoms with E-state index in [0.717, 1.165) is 56.8 Å². The lowest BCUT2D eigenvalue weighted by Gasteiger charge is -2.35. The Labute approximate surface area is 185 Å². The molecule has 2 aliphatic heterocycles. The van der Waals surface area contributed by atoms with Gasteiger partial charge in [-0.15, -0.1) is 0 Å². The van der Waals surface area contributed by atoms with Gasteiger partial charge in [-0.1, -0.05) is 48.0 Å². The molecule has 3 nitrogen and oxygen atoms in total. The zero-order valence-corrected chi connectivity index (χ0v) is 18.5. The van der Waals surface area contributed by atoms with Crippen LogP contribution in [0.15, 0.2) is 59.2 Å². The summed E-state index contributed by atoms with van der Waals surface area (Å²) in [6.45, 7) is 2.81. The number of benzene rings is 2. The molecule has 0 saturated carbocycles. The van der Waals surface area contributed by atoms with E-state index in [4.69, 9.17) is 16.3 Å². The molecule has 2 aromatic rings. The molecule has 158 valence electrons. The third-order valence-corrected chi connectivity index (χ3v) is 6.72. The van der Waals surface area contributed by atoms with Crippen LogP contribution in [0, 0.1) is 5.92 Å². The second-order valence-electron chi connectivity index (χ2n) is 8.27. The van der Waals surface area contributed by atoms with Gasteiger partial charge in [0.25, 0.3) is 0 Å². The molecule has 1 fully saturated rings. The minimum absolute atomic E-state index is 0.400. The lowest BCUT2D eigenvalue weighted by molar-refractivity contribution is 0.195. The Morgan fingerprint density at radius 2 is 2.07 bits per heavy atom. The first kappa shape index (κ1) is 21.3. The summed E-state index contributed by atoms with van der Waals surface area (Å²) in [4.78, 5) is 4.43. The largest absolute Gasteiger partial charge is 0.385 e. The van der Waals surface area contributed by atoms with Crippen LogP contribution in [0.25, 0.3) is 11.1 Å². The molecule has 0 radical (unpaired) electrons. The van der Waals surface area contributed by atoms with Crippen LogP contribution in [0.3, 0.4) is 0 Å². The molecule has 0 bridgehead atoms. The Morgan fingerprint density at radius 1 is 1.17 bits per heavy atom. The van der Waals surface area contributed by atoms with Crippen molar-refractivity contribution in [1.29, 1.82) is 0 Å². The fourth-order valence-electron chi connectivity index (χ4n) is 4.85. The highest BCUT2D eigenvalue weighted by Crippen LogP contribution is 2.41. The lowest BCUT2D eigenvalue weighted by Crippen LogP contribution is -2.36. The predicted octanol–water partition coefficient (Wildman–Crippen LogP) is 6.03. The average Bonchev–Trinajstić information content (AvgIpc) is 2.80. The highest BCUT2D eigenvalue weighted by Gasteiger charge is 2.30. The standard InChI is InChI=1S/C26H31ClN2O/c1-30-15-5-8-19-6-2-3-9-22(19)20-10-11-24(26(27)16-20)25-18-29-14-12-23(25)21-7-4-13-28-17-21/h2-3,6,9-11,13,16-17,23,25,29H,4-5,7-8,12,14-15,18H2,1H3. The summed E-state index contributed by atoms with van der Waals surface area (Å²) in [6, 6.07) is 15.3. The van der Waals surface area contributed by atoms with Crippen molar-refractivity contribution in [3.63, 3.8) is 0 Å². The number of nitrogens with one attached hydrogen (secondary N) is 1. The maximum Gasteiger partial charge on any atom is 0.0465 e. The molecule has 2 aromatic carbocycles. The number of hydrogen-bond acceptors (Lipinski definition) is 3. The van der Waals surface area contributed by atoms with Gasteiger partial charge in [0.15, 0.2) is 0 Å². The Bertz CT molecular complexity index is 921. The summed E-state index contributed by atoms with van der Waals surface area (Å²) in [5, 5.41) is 4.45. The zero-order chi connectivity index (χ0) is 20.8. The quantitative estimate of drug-likeness (QED) is 0.553. The van der Waals surface area contributed by atoms with Crippen molar-refractivity contribution in [2.24, 2.45) is 10.9 Å². The first-order chi connectivity index (χ1) is 14.8. The van der Waals surface area contributed by atoms with Gasteiger partial charge < -0.3 is 10.1 Å². The van der Waals surface area contributed by atoms with E-state index < -0.39 is 0 Å². The molecule has 4 rings (SSSR count). The van der Waals surface area contributed by atoms with Crippen LogP contribution in [-0.2, 0) is 11.2 Å². The molecule has 2 atom stereocenters. The summed E-state index contributed by atoms with van der Waals surface area (Å²) >= 11 is 6.90. The van der Waals surface area contributed by atoms with E-state index in [1.54, 1.807) is 7.11 Å². The second-order valence-corrected chi connectivity index (χ2v) is 8.68. The molecule has 1 saturated heterocycles. The highest BCUT2D eigenvalue weighted by atomic mass is 35.5. The first-order valence-corrected chi connectivity index (χ1v) is 11.4. The van der Waals surface area contributed by atoms with Gasteiger partial charge in [-0.25, -0.2) is 0 Å². The van der Waals surface area contributed by atoms with Crippen LogP contribution in [0.4, 0.5) is 0 Å². The van der Waals surface area contributed by atoms with Gasteiger partial charge >= 0.3 is 0 Å². The molecule has 2 heterocycles. The number of hydrogen-bond donors (Lipinski definition) is 1. The number of nitrogens with zero attached hydrogens (tertiary/aromatic N) is 1. The van der Waals surface area contributed by atoms with Crippen molar-refractivity contribution < 1.29 is 4.74 Å². The van der Waals surface area contributed by atoms with Crippen LogP contribution < -0.4 is 5.32 Å². The van der Waals surface area contributed by atoms with E-state index in [0.29, 0.717) is 11.8 Å². The third-order valence-electron chi connectivity index (χ3n) is 6.39. The number of allylic oxidation sites excluding steroid dienone is 1. The van der Waals surface area contributed by atoms with Gasteiger partial charge in [-0.2, -0.15) is 0 Å². The summed E-state index contributed by atoms with van der Waals surface area (Å²) < 4.78 is 5.23. The normalized spacial score (nSPS) is 21.5. The van der Waals surface area contributed by atoms with Gasteiger partial charge in [0, 0.05) is 43.6 Å². The van der Waals surface area contributed by atoms with Crippen LogP contribution in [-0.4, -0.2) is 33.0 Å². The lowest BCUT2D eigenvalue weighted by atomic mass is 9.75.